The second-order valence-electron chi connectivity index (χ2n) is 8.25. The highest BCUT2D eigenvalue weighted by Crippen LogP contribution is 2.58. The Labute approximate surface area is 173 Å². The van der Waals surface area contributed by atoms with E-state index in [0.717, 1.165) is 31.9 Å². The van der Waals surface area contributed by atoms with Crippen LogP contribution in [0.1, 0.15) is 31.5 Å². The third-order valence-corrected chi connectivity index (χ3v) is 5.88. The number of hydrogen-bond acceptors (Lipinski definition) is 6. The molecule has 1 unspecified atom stereocenters. The number of nitrogens with two attached hydrogens (primary N) is 1. The van der Waals surface area contributed by atoms with Gasteiger partial charge in [-0.15, -0.1) is 13.2 Å². The molecule has 30 heavy (non-hydrogen) atoms. The highest BCUT2D eigenvalue weighted by molar-refractivity contribution is 5.64. The van der Waals surface area contributed by atoms with Crippen LogP contribution in [-0.4, -0.2) is 59.4 Å². The molecule has 164 valence electrons. The number of methoxy groups -OCH3 is 1. The lowest BCUT2D eigenvalue weighted by atomic mass is 10.1. The molecule has 4 rings (SSSR count). The topological polar surface area (TPSA) is 78.4 Å². The SMILES string of the molecule is COCCN1CC2[C@H](C1)[C@H]2c1cc(-c2cnc(N)c(OC(F)(F)F)c2)nn1C(C)C. The minimum atomic E-state index is -4.84. The predicted molar refractivity (Wildman–Crippen MR) is 105 cm³/mol. The molecule has 2 aliphatic rings. The van der Waals surface area contributed by atoms with Gasteiger partial charge < -0.3 is 20.1 Å². The Hall–Kier alpha value is -2.33. The Balaban J connectivity index is 1.57. The number of hydrogen-bond donors (Lipinski definition) is 1. The van der Waals surface area contributed by atoms with Crippen LogP contribution in [0.3, 0.4) is 0 Å². The number of alkyl halides is 3. The third kappa shape index (κ3) is 4.11. The fraction of sp³-hybridized carbons (Fsp3) is 0.600. The van der Waals surface area contributed by atoms with E-state index in [4.69, 9.17) is 10.5 Å². The van der Waals surface area contributed by atoms with Gasteiger partial charge >= 0.3 is 6.36 Å². The first-order valence-electron chi connectivity index (χ1n) is 10.00. The van der Waals surface area contributed by atoms with E-state index in [1.54, 1.807) is 7.11 Å². The second kappa shape index (κ2) is 7.73. The minimum Gasteiger partial charge on any atom is -0.402 e. The monoisotopic (exact) mass is 425 g/mol. The van der Waals surface area contributed by atoms with Crippen LogP contribution >= 0.6 is 0 Å². The summed E-state index contributed by atoms with van der Waals surface area (Å²) in [5.74, 6) is 0.750. The van der Waals surface area contributed by atoms with Crippen molar-refractivity contribution in [3.63, 3.8) is 0 Å². The van der Waals surface area contributed by atoms with Crippen LogP contribution in [0, 0.1) is 11.8 Å². The molecule has 2 N–H and O–H groups in total. The molecule has 0 spiro atoms. The lowest BCUT2D eigenvalue weighted by molar-refractivity contribution is -0.274. The lowest BCUT2D eigenvalue weighted by Gasteiger charge is -2.19. The Morgan fingerprint density at radius 3 is 2.53 bits per heavy atom. The number of aromatic nitrogens is 3. The van der Waals surface area contributed by atoms with Crippen molar-refractivity contribution in [2.75, 3.05) is 39.1 Å². The summed E-state index contributed by atoms with van der Waals surface area (Å²) in [5, 5.41) is 4.67. The van der Waals surface area contributed by atoms with E-state index in [0.29, 0.717) is 29.0 Å². The molecule has 0 aromatic carbocycles. The molecule has 2 aromatic rings. The zero-order valence-electron chi connectivity index (χ0n) is 17.2. The Morgan fingerprint density at radius 1 is 1.23 bits per heavy atom. The number of likely N-dealkylation sites (tertiary alicyclic amines) is 1. The molecule has 3 heterocycles. The summed E-state index contributed by atoms with van der Waals surface area (Å²) < 4.78 is 49.1. The van der Waals surface area contributed by atoms with E-state index in [1.165, 1.54) is 12.3 Å². The van der Waals surface area contributed by atoms with Gasteiger partial charge in [-0.05, 0) is 37.8 Å². The quantitative estimate of drug-likeness (QED) is 0.734. The highest BCUT2D eigenvalue weighted by atomic mass is 19.4. The van der Waals surface area contributed by atoms with Gasteiger partial charge in [-0.25, -0.2) is 4.98 Å². The van der Waals surface area contributed by atoms with Crippen LogP contribution < -0.4 is 10.5 Å². The van der Waals surface area contributed by atoms with Gasteiger partial charge in [0.05, 0.1) is 12.3 Å². The first-order valence-corrected chi connectivity index (χ1v) is 10.00. The maximum atomic E-state index is 12.6. The van der Waals surface area contributed by atoms with E-state index in [-0.39, 0.29) is 11.9 Å². The summed E-state index contributed by atoms with van der Waals surface area (Å²) in [6, 6.07) is 3.34. The van der Waals surface area contributed by atoms with Crippen molar-refractivity contribution < 1.29 is 22.6 Å². The summed E-state index contributed by atoms with van der Waals surface area (Å²) in [5.41, 5.74) is 7.68. The van der Waals surface area contributed by atoms with Crippen molar-refractivity contribution in [1.29, 1.82) is 0 Å². The smallest absolute Gasteiger partial charge is 0.402 e. The van der Waals surface area contributed by atoms with Crippen molar-refractivity contribution in [1.82, 2.24) is 19.7 Å². The predicted octanol–water partition coefficient (Wildman–Crippen LogP) is 3.30. The van der Waals surface area contributed by atoms with Crippen LogP contribution in [0.5, 0.6) is 5.75 Å². The Kier molecular flexibility index (Phi) is 5.39. The molecule has 1 aliphatic heterocycles. The molecule has 7 nitrogen and oxygen atoms in total. The standard InChI is InChI=1S/C20H26F3N5O2/c1-11(2)28-16(18-13-9-27(4-5-29-3)10-14(13)18)7-15(26-28)12-6-17(19(24)25-8-12)30-20(21,22)23/h6-8,11,13-14,18H,4-5,9-10H2,1-3H3,(H2,24,25)/t13-,14?,18+/m0/s1. The molecule has 1 saturated heterocycles. The number of rotatable bonds is 7. The van der Waals surface area contributed by atoms with Gasteiger partial charge in [0.2, 0.25) is 0 Å². The van der Waals surface area contributed by atoms with Crippen molar-refractivity contribution in [3.05, 3.63) is 24.0 Å². The van der Waals surface area contributed by atoms with Crippen molar-refractivity contribution >= 4 is 5.82 Å². The van der Waals surface area contributed by atoms with E-state index in [1.807, 2.05) is 24.6 Å². The summed E-state index contributed by atoms with van der Waals surface area (Å²) in [6.45, 7) is 7.81. The van der Waals surface area contributed by atoms with Crippen molar-refractivity contribution in [2.24, 2.45) is 11.8 Å². The maximum absolute atomic E-state index is 12.6. The van der Waals surface area contributed by atoms with Crippen LogP contribution in [0.2, 0.25) is 0 Å². The highest BCUT2D eigenvalue weighted by Gasteiger charge is 2.57. The van der Waals surface area contributed by atoms with Gasteiger partial charge in [-0.3, -0.25) is 4.68 Å². The van der Waals surface area contributed by atoms with Crippen LogP contribution in [-0.2, 0) is 4.74 Å². The molecule has 0 radical (unpaired) electrons. The number of halogens is 3. The number of fused-ring (bicyclic) bond motifs is 1. The van der Waals surface area contributed by atoms with E-state index >= 15 is 0 Å². The summed E-state index contributed by atoms with van der Waals surface area (Å²) in [7, 11) is 1.71. The molecule has 1 saturated carbocycles. The van der Waals surface area contributed by atoms with Gasteiger partial charge in [0.25, 0.3) is 0 Å². The Morgan fingerprint density at radius 2 is 1.93 bits per heavy atom. The zero-order valence-corrected chi connectivity index (χ0v) is 17.2. The molecule has 0 bridgehead atoms. The molecular weight excluding hydrogens is 399 g/mol. The van der Waals surface area contributed by atoms with Crippen LogP contribution in [0.4, 0.5) is 19.0 Å². The maximum Gasteiger partial charge on any atom is 0.573 e. The third-order valence-electron chi connectivity index (χ3n) is 5.88. The van der Waals surface area contributed by atoms with E-state index in [9.17, 15) is 13.2 Å². The average Bonchev–Trinajstić information content (AvgIpc) is 3.03. The number of nitrogens with zero attached hydrogens (tertiary/aromatic N) is 4. The molecular formula is C20H26F3N5O2. The summed E-state index contributed by atoms with van der Waals surface area (Å²) in [6.07, 6.45) is -3.41. The summed E-state index contributed by atoms with van der Waals surface area (Å²) in [4.78, 5) is 6.28. The van der Waals surface area contributed by atoms with Gasteiger partial charge in [-0.2, -0.15) is 5.10 Å². The zero-order chi connectivity index (χ0) is 21.6. The average molecular weight is 425 g/mol. The van der Waals surface area contributed by atoms with Gasteiger partial charge in [-0.1, -0.05) is 0 Å². The van der Waals surface area contributed by atoms with Crippen molar-refractivity contribution in [2.45, 2.75) is 32.2 Å². The minimum absolute atomic E-state index is 0.132. The van der Waals surface area contributed by atoms with E-state index < -0.39 is 12.1 Å². The summed E-state index contributed by atoms with van der Waals surface area (Å²) >= 11 is 0. The molecule has 10 heteroatoms. The fourth-order valence-electron chi connectivity index (χ4n) is 4.47. The van der Waals surface area contributed by atoms with Gasteiger partial charge in [0, 0.05) is 56.2 Å². The number of pyridine rings is 1. The van der Waals surface area contributed by atoms with Gasteiger partial charge in [0.1, 0.15) is 0 Å². The normalized spacial score (nSPS) is 23.8. The largest absolute Gasteiger partial charge is 0.573 e. The second-order valence-corrected chi connectivity index (χ2v) is 8.25. The van der Waals surface area contributed by atoms with E-state index in [2.05, 4.69) is 19.7 Å². The Bertz CT molecular complexity index is 902. The molecule has 1 aliphatic carbocycles. The lowest BCUT2D eigenvalue weighted by Crippen LogP contribution is -2.28. The molecule has 0 amide bonds. The van der Waals surface area contributed by atoms with Gasteiger partial charge in [0.15, 0.2) is 11.6 Å². The molecule has 2 fully saturated rings. The molecule has 3 atom stereocenters. The van der Waals surface area contributed by atoms with Crippen molar-refractivity contribution in [3.8, 4) is 17.0 Å². The first kappa shape index (κ1) is 20.9. The number of nitrogen functional groups attached to an aromatic ring is 1. The number of piperidine rings is 1. The van der Waals surface area contributed by atoms with Crippen LogP contribution in [0.15, 0.2) is 18.3 Å². The number of ether oxygens (including phenoxy) is 2. The van der Waals surface area contributed by atoms with Crippen LogP contribution in [0.25, 0.3) is 11.3 Å². The first-order chi connectivity index (χ1) is 14.2. The molecule has 2 aromatic heterocycles. The number of anilines is 1. The fourth-order valence-corrected chi connectivity index (χ4v) is 4.47.